The molecule has 2 heteroatoms. The molecular weight excluding hydrogens is 198 g/mol. The second-order valence-corrected chi connectivity index (χ2v) is 3.97. The number of hydrogen-bond donors (Lipinski definition) is 1. The molecule has 2 rings (SSSR count). The number of nitrogens with zero attached hydrogens (tertiary/aromatic N) is 1. The van der Waals surface area contributed by atoms with E-state index < -0.39 is 0 Å². The molecule has 1 aromatic carbocycles. The van der Waals surface area contributed by atoms with Gasteiger partial charge in [0, 0.05) is 5.41 Å². The monoisotopic (exact) mass is 211 g/mol. The highest BCUT2D eigenvalue weighted by Crippen LogP contribution is 2.35. The summed E-state index contributed by atoms with van der Waals surface area (Å²) in [5.74, 6) is 0.238. The summed E-state index contributed by atoms with van der Waals surface area (Å²) in [6, 6.07) is 9.32. The van der Waals surface area contributed by atoms with Crippen molar-refractivity contribution in [2.24, 2.45) is 0 Å². The minimum Gasteiger partial charge on any atom is -0.508 e. The highest BCUT2D eigenvalue weighted by molar-refractivity contribution is 5.43. The van der Waals surface area contributed by atoms with Crippen LogP contribution in [0.25, 0.3) is 0 Å². The van der Waals surface area contributed by atoms with E-state index in [9.17, 15) is 5.11 Å². The number of hydrogen-bond acceptors (Lipinski definition) is 2. The summed E-state index contributed by atoms with van der Waals surface area (Å²) in [4.78, 5) is 0. The third-order valence-corrected chi connectivity index (χ3v) is 2.86. The lowest BCUT2D eigenvalue weighted by Gasteiger charge is -2.27. The number of benzene rings is 1. The molecule has 0 aliphatic heterocycles. The van der Waals surface area contributed by atoms with Crippen LogP contribution in [0.1, 0.15) is 18.4 Å². The van der Waals surface area contributed by atoms with Gasteiger partial charge in [-0.15, -0.1) is 0 Å². The molecule has 0 bridgehead atoms. The highest BCUT2D eigenvalue weighted by Gasteiger charge is 2.27. The summed E-state index contributed by atoms with van der Waals surface area (Å²) >= 11 is 0. The fourth-order valence-corrected chi connectivity index (χ4v) is 2.03. The Morgan fingerprint density at radius 1 is 1.31 bits per heavy atom. The van der Waals surface area contributed by atoms with Gasteiger partial charge in [0.25, 0.3) is 0 Å². The number of aromatic hydroxyl groups is 1. The number of rotatable bonds is 2. The molecule has 0 unspecified atom stereocenters. The summed E-state index contributed by atoms with van der Waals surface area (Å²) in [5.41, 5.74) is 0.590. The van der Waals surface area contributed by atoms with Crippen LogP contribution in [-0.2, 0) is 5.41 Å². The van der Waals surface area contributed by atoms with Crippen LogP contribution in [-0.4, -0.2) is 5.11 Å². The average molecular weight is 211 g/mol. The summed E-state index contributed by atoms with van der Waals surface area (Å²) in [7, 11) is 0. The van der Waals surface area contributed by atoms with E-state index in [1.165, 1.54) is 0 Å². The Balaban J connectivity index is 2.48. The molecule has 2 nitrogen and oxygen atoms in total. The molecule has 0 saturated carbocycles. The number of allylic oxidation sites excluding steroid dienone is 4. The first-order valence-electron chi connectivity index (χ1n) is 5.29. The van der Waals surface area contributed by atoms with Crippen LogP contribution in [0.5, 0.6) is 5.75 Å². The molecule has 0 saturated heterocycles. The van der Waals surface area contributed by atoms with Gasteiger partial charge in [0.1, 0.15) is 5.75 Å². The minimum absolute atomic E-state index is 0.238. The Bertz CT molecular complexity index is 468. The van der Waals surface area contributed by atoms with Crippen LogP contribution in [0.3, 0.4) is 0 Å². The number of phenols is 1. The van der Waals surface area contributed by atoms with Gasteiger partial charge in [0.2, 0.25) is 0 Å². The molecule has 1 N–H and O–H groups in total. The normalized spacial score (nSPS) is 16.9. The maximum absolute atomic E-state index is 9.50. The summed E-state index contributed by atoms with van der Waals surface area (Å²) in [6.45, 7) is 0. The molecule has 16 heavy (non-hydrogen) atoms. The van der Waals surface area contributed by atoms with Crippen LogP contribution in [0, 0.1) is 11.3 Å². The second kappa shape index (κ2) is 4.24. The van der Waals surface area contributed by atoms with Gasteiger partial charge in [-0.25, -0.2) is 0 Å². The van der Waals surface area contributed by atoms with Crippen molar-refractivity contribution in [1.82, 2.24) is 0 Å². The first-order chi connectivity index (χ1) is 7.77. The van der Waals surface area contributed by atoms with E-state index in [1.54, 1.807) is 18.2 Å². The van der Waals surface area contributed by atoms with Crippen LogP contribution in [0.2, 0.25) is 0 Å². The van der Waals surface area contributed by atoms with Crippen LogP contribution < -0.4 is 0 Å². The summed E-state index contributed by atoms with van der Waals surface area (Å²) in [6.07, 6.45) is 9.51. The molecular formula is C14H13NO. The van der Waals surface area contributed by atoms with Gasteiger partial charge in [0.15, 0.2) is 0 Å². The Labute approximate surface area is 95.2 Å². The fourth-order valence-electron chi connectivity index (χ4n) is 2.03. The van der Waals surface area contributed by atoms with Gasteiger partial charge in [-0.1, -0.05) is 36.4 Å². The molecule has 0 amide bonds. The minimum atomic E-state index is -0.369. The van der Waals surface area contributed by atoms with Crippen molar-refractivity contribution < 1.29 is 5.11 Å². The standard InChI is InChI=1S/C14H13NO/c15-10-9-14(7-2-1-3-8-14)12-5-4-6-13(16)11-12/h2-8,11,16H,1,9H2. The maximum Gasteiger partial charge on any atom is 0.115 e. The second-order valence-electron chi connectivity index (χ2n) is 3.97. The molecule has 0 fully saturated rings. The molecule has 0 heterocycles. The van der Waals surface area contributed by atoms with Gasteiger partial charge in [-0.2, -0.15) is 5.26 Å². The lowest BCUT2D eigenvalue weighted by atomic mass is 9.75. The van der Waals surface area contributed by atoms with Crippen molar-refractivity contribution in [3.05, 3.63) is 54.1 Å². The Morgan fingerprint density at radius 2 is 2.06 bits per heavy atom. The van der Waals surface area contributed by atoms with E-state index in [1.807, 2.05) is 18.2 Å². The largest absolute Gasteiger partial charge is 0.508 e. The first kappa shape index (κ1) is 10.5. The van der Waals surface area contributed by atoms with E-state index in [-0.39, 0.29) is 11.2 Å². The predicted octanol–water partition coefficient (Wildman–Crippen LogP) is 3.06. The Hall–Kier alpha value is -2.01. The van der Waals surface area contributed by atoms with Crippen molar-refractivity contribution in [2.45, 2.75) is 18.3 Å². The van der Waals surface area contributed by atoms with E-state index in [2.05, 4.69) is 18.2 Å². The molecule has 0 atom stereocenters. The van der Waals surface area contributed by atoms with E-state index in [4.69, 9.17) is 5.26 Å². The third kappa shape index (κ3) is 1.85. The van der Waals surface area contributed by atoms with Crippen molar-refractivity contribution in [3.63, 3.8) is 0 Å². The van der Waals surface area contributed by atoms with Crippen molar-refractivity contribution in [3.8, 4) is 11.8 Å². The maximum atomic E-state index is 9.50. The van der Waals surface area contributed by atoms with Gasteiger partial charge in [-0.3, -0.25) is 0 Å². The smallest absolute Gasteiger partial charge is 0.115 e. The predicted molar refractivity (Wildman–Crippen MR) is 62.9 cm³/mol. The molecule has 0 spiro atoms. The van der Waals surface area contributed by atoms with Crippen molar-refractivity contribution >= 4 is 0 Å². The van der Waals surface area contributed by atoms with Crippen molar-refractivity contribution in [1.29, 1.82) is 5.26 Å². The van der Waals surface area contributed by atoms with E-state index in [0.717, 1.165) is 12.0 Å². The van der Waals surface area contributed by atoms with E-state index >= 15 is 0 Å². The zero-order valence-corrected chi connectivity index (χ0v) is 8.93. The molecule has 0 aromatic heterocycles. The molecule has 1 aliphatic rings. The first-order valence-corrected chi connectivity index (χ1v) is 5.29. The van der Waals surface area contributed by atoms with Gasteiger partial charge >= 0.3 is 0 Å². The van der Waals surface area contributed by atoms with Crippen LogP contribution in [0.15, 0.2) is 48.6 Å². The van der Waals surface area contributed by atoms with Gasteiger partial charge < -0.3 is 5.11 Å². The number of nitriles is 1. The molecule has 0 radical (unpaired) electrons. The van der Waals surface area contributed by atoms with Crippen molar-refractivity contribution in [2.75, 3.05) is 0 Å². The zero-order valence-electron chi connectivity index (χ0n) is 8.93. The summed E-state index contributed by atoms with van der Waals surface area (Å²) in [5, 5.41) is 18.4. The molecule has 1 aromatic rings. The lowest BCUT2D eigenvalue weighted by Crippen LogP contribution is -2.21. The Kier molecular flexibility index (Phi) is 2.78. The quantitative estimate of drug-likeness (QED) is 0.764. The molecule has 1 aliphatic carbocycles. The lowest BCUT2D eigenvalue weighted by molar-refractivity contribution is 0.473. The Morgan fingerprint density at radius 3 is 2.69 bits per heavy atom. The highest BCUT2D eigenvalue weighted by atomic mass is 16.3. The van der Waals surface area contributed by atoms with Gasteiger partial charge in [-0.05, 0) is 24.1 Å². The van der Waals surface area contributed by atoms with E-state index in [0.29, 0.717) is 6.42 Å². The average Bonchev–Trinajstić information content (AvgIpc) is 2.31. The topological polar surface area (TPSA) is 44.0 Å². The van der Waals surface area contributed by atoms with Gasteiger partial charge in [0.05, 0.1) is 12.5 Å². The SMILES string of the molecule is N#CCC1(c2cccc(O)c2)C=CCC=C1. The zero-order chi connectivity index (χ0) is 11.4. The van der Waals surface area contributed by atoms with Crippen LogP contribution in [0.4, 0.5) is 0 Å². The fraction of sp³-hybridized carbons (Fsp3) is 0.214. The number of phenolic OH excluding ortho intramolecular Hbond substituents is 1. The third-order valence-electron chi connectivity index (χ3n) is 2.86. The molecule has 80 valence electrons. The summed E-state index contributed by atoms with van der Waals surface area (Å²) < 4.78 is 0. The van der Waals surface area contributed by atoms with Crippen LogP contribution >= 0.6 is 0 Å².